The number of hydrogen-bond acceptors (Lipinski definition) is 2. The molecule has 14 heavy (non-hydrogen) atoms. The number of fused-ring (bicyclic) bond motifs is 1. The van der Waals surface area contributed by atoms with Gasteiger partial charge in [-0.15, -0.1) is 0 Å². The average Bonchev–Trinajstić information content (AvgIpc) is 2.19. The highest BCUT2D eigenvalue weighted by Crippen LogP contribution is 2.39. The van der Waals surface area contributed by atoms with Crippen molar-refractivity contribution in [2.75, 3.05) is 7.11 Å². The molecule has 1 aliphatic carbocycles. The molecule has 0 saturated heterocycles. The van der Waals surface area contributed by atoms with Crippen LogP contribution in [0.4, 0.5) is 0 Å². The molecule has 1 aromatic carbocycles. The fourth-order valence-electron chi connectivity index (χ4n) is 2.10. The van der Waals surface area contributed by atoms with Crippen LogP contribution in [-0.2, 0) is 6.42 Å². The van der Waals surface area contributed by atoms with Gasteiger partial charge in [0.15, 0.2) is 0 Å². The van der Waals surface area contributed by atoms with E-state index in [0.717, 1.165) is 23.1 Å². The highest BCUT2D eigenvalue weighted by atomic mass is 79.9. The number of methoxy groups -OCH3 is 1. The molecule has 0 spiro atoms. The van der Waals surface area contributed by atoms with Crippen LogP contribution >= 0.6 is 15.9 Å². The average molecular weight is 256 g/mol. The fourth-order valence-corrected chi connectivity index (χ4v) is 2.61. The smallest absolute Gasteiger partial charge is 0.138 e. The van der Waals surface area contributed by atoms with Gasteiger partial charge in [-0.1, -0.05) is 6.07 Å². The summed E-state index contributed by atoms with van der Waals surface area (Å²) in [7, 11) is 1.70. The maximum Gasteiger partial charge on any atom is 0.138 e. The van der Waals surface area contributed by atoms with Gasteiger partial charge in [0, 0.05) is 11.6 Å². The van der Waals surface area contributed by atoms with E-state index in [1.807, 2.05) is 6.07 Å². The van der Waals surface area contributed by atoms with Gasteiger partial charge >= 0.3 is 0 Å². The molecule has 0 saturated carbocycles. The van der Waals surface area contributed by atoms with Crippen LogP contribution in [0.25, 0.3) is 0 Å². The van der Waals surface area contributed by atoms with Gasteiger partial charge in [0.25, 0.3) is 0 Å². The lowest BCUT2D eigenvalue weighted by Gasteiger charge is -2.25. The van der Waals surface area contributed by atoms with E-state index < -0.39 is 0 Å². The van der Waals surface area contributed by atoms with Crippen molar-refractivity contribution in [2.24, 2.45) is 5.73 Å². The van der Waals surface area contributed by atoms with Crippen molar-refractivity contribution in [3.8, 4) is 5.75 Å². The Balaban J connectivity index is 2.57. The van der Waals surface area contributed by atoms with Crippen LogP contribution in [0.2, 0.25) is 0 Å². The van der Waals surface area contributed by atoms with Gasteiger partial charge in [-0.3, -0.25) is 0 Å². The summed E-state index contributed by atoms with van der Waals surface area (Å²) >= 11 is 3.48. The second kappa shape index (κ2) is 3.91. The first kappa shape index (κ1) is 9.99. The van der Waals surface area contributed by atoms with Crippen molar-refractivity contribution in [2.45, 2.75) is 25.3 Å². The van der Waals surface area contributed by atoms with Crippen LogP contribution in [0.5, 0.6) is 5.75 Å². The van der Waals surface area contributed by atoms with Crippen molar-refractivity contribution < 1.29 is 4.74 Å². The third-order valence-corrected chi connectivity index (χ3v) is 3.40. The molecule has 2 nitrogen and oxygen atoms in total. The second-order valence-electron chi connectivity index (χ2n) is 3.65. The van der Waals surface area contributed by atoms with Crippen molar-refractivity contribution >= 4 is 15.9 Å². The Morgan fingerprint density at radius 3 is 3.00 bits per heavy atom. The molecular weight excluding hydrogens is 242 g/mol. The number of halogens is 1. The lowest BCUT2D eigenvalue weighted by Crippen LogP contribution is -2.18. The quantitative estimate of drug-likeness (QED) is 0.838. The molecule has 0 aliphatic heterocycles. The largest absolute Gasteiger partial charge is 0.495 e. The zero-order chi connectivity index (χ0) is 10.1. The monoisotopic (exact) mass is 255 g/mol. The van der Waals surface area contributed by atoms with E-state index in [9.17, 15) is 0 Å². The lowest BCUT2D eigenvalue weighted by molar-refractivity contribution is 0.396. The summed E-state index contributed by atoms with van der Waals surface area (Å²) in [4.78, 5) is 0. The molecule has 0 fully saturated rings. The molecule has 3 heteroatoms. The van der Waals surface area contributed by atoms with E-state index in [1.54, 1.807) is 7.11 Å². The zero-order valence-corrected chi connectivity index (χ0v) is 9.80. The molecular formula is C11H14BrNO. The van der Waals surface area contributed by atoms with E-state index in [-0.39, 0.29) is 6.04 Å². The molecule has 1 atom stereocenters. The van der Waals surface area contributed by atoms with Crippen molar-refractivity contribution in [3.63, 3.8) is 0 Å². The number of rotatable bonds is 1. The summed E-state index contributed by atoms with van der Waals surface area (Å²) in [6.45, 7) is 0. The standard InChI is InChI=1S/C11H14BrNO/c1-14-11-8(12)6-5-7-3-2-4-9(13)10(7)11/h5-6,9H,2-4,13H2,1H3/t9-/m0/s1. The Morgan fingerprint density at radius 1 is 1.50 bits per heavy atom. The molecule has 2 rings (SSSR count). The lowest BCUT2D eigenvalue weighted by atomic mass is 9.87. The highest BCUT2D eigenvalue weighted by Gasteiger charge is 2.22. The Hall–Kier alpha value is -0.540. The molecule has 2 N–H and O–H groups in total. The second-order valence-corrected chi connectivity index (χ2v) is 4.51. The molecule has 0 bridgehead atoms. The van der Waals surface area contributed by atoms with Gasteiger partial charge in [0.2, 0.25) is 0 Å². The minimum atomic E-state index is 0.131. The number of hydrogen-bond donors (Lipinski definition) is 1. The molecule has 0 radical (unpaired) electrons. The first-order valence-electron chi connectivity index (χ1n) is 4.85. The van der Waals surface area contributed by atoms with Crippen molar-refractivity contribution in [3.05, 3.63) is 27.7 Å². The van der Waals surface area contributed by atoms with E-state index in [2.05, 4.69) is 22.0 Å². The van der Waals surface area contributed by atoms with Crippen molar-refractivity contribution in [1.82, 2.24) is 0 Å². The summed E-state index contributed by atoms with van der Waals surface area (Å²) < 4.78 is 6.38. The third kappa shape index (κ3) is 1.55. The Labute approximate surface area is 92.6 Å². The minimum Gasteiger partial charge on any atom is -0.495 e. The van der Waals surface area contributed by atoms with Gasteiger partial charge < -0.3 is 10.5 Å². The maximum absolute atomic E-state index is 6.09. The fraction of sp³-hybridized carbons (Fsp3) is 0.455. The molecule has 1 aromatic rings. The number of benzene rings is 1. The summed E-state index contributed by atoms with van der Waals surface area (Å²) in [6, 6.07) is 4.31. The molecule has 0 heterocycles. The van der Waals surface area contributed by atoms with Gasteiger partial charge in [-0.2, -0.15) is 0 Å². The number of ether oxygens (including phenoxy) is 1. The SMILES string of the molecule is COc1c(Br)ccc2c1[C@@H](N)CCC2. The topological polar surface area (TPSA) is 35.2 Å². The summed E-state index contributed by atoms with van der Waals surface area (Å²) in [5.74, 6) is 0.912. The summed E-state index contributed by atoms with van der Waals surface area (Å²) in [5, 5.41) is 0. The Kier molecular flexibility index (Phi) is 2.79. The first-order valence-corrected chi connectivity index (χ1v) is 5.64. The van der Waals surface area contributed by atoms with Gasteiger partial charge in [-0.25, -0.2) is 0 Å². The highest BCUT2D eigenvalue weighted by molar-refractivity contribution is 9.10. The van der Waals surface area contributed by atoms with E-state index in [1.165, 1.54) is 17.5 Å². The van der Waals surface area contributed by atoms with Crippen LogP contribution in [0.3, 0.4) is 0 Å². The van der Waals surface area contributed by atoms with E-state index >= 15 is 0 Å². The summed E-state index contributed by atoms with van der Waals surface area (Å²) in [5.41, 5.74) is 8.62. The predicted molar refractivity (Wildman–Crippen MR) is 60.6 cm³/mol. The third-order valence-electron chi connectivity index (χ3n) is 2.77. The van der Waals surface area contributed by atoms with Gasteiger partial charge in [-0.05, 0) is 46.8 Å². The van der Waals surface area contributed by atoms with E-state index in [4.69, 9.17) is 10.5 Å². The Bertz CT molecular complexity index is 351. The van der Waals surface area contributed by atoms with Gasteiger partial charge in [0.05, 0.1) is 11.6 Å². The maximum atomic E-state index is 6.09. The zero-order valence-electron chi connectivity index (χ0n) is 8.22. The molecule has 76 valence electrons. The molecule has 0 aromatic heterocycles. The van der Waals surface area contributed by atoms with Crippen LogP contribution < -0.4 is 10.5 Å². The van der Waals surface area contributed by atoms with Crippen LogP contribution in [-0.4, -0.2) is 7.11 Å². The Morgan fingerprint density at radius 2 is 2.29 bits per heavy atom. The van der Waals surface area contributed by atoms with Crippen LogP contribution in [0.1, 0.15) is 30.0 Å². The summed E-state index contributed by atoms with van der Waals surface area (Å²) in [6.07, 6.45) is 3.35. The molecule has 0 amide bonds. The first-order chi connectivity index (χ1) is 6.74. The van der Waals surface area contributed by atoms with Crippen LogP contribution in [0.15, 0.2) is 16.6 Å². The normalized spacial score (nSPS) is 20.4. The van der Waals surface area contributed by atoms with Crippen molar-refractivity contribution in [1.29, 1.82) is 0 Å². The van der Waals surface area contributed by atoms with E-state index in [0.29, 0.717) is 0 Å². The minimum absolute atomic E-state index is 0.131. The molecule has 0 unspecified atom stereocenters. The molecule has 1 aliphatic rings. The van der Waals surface area contributed by atoms with Gasteiger partial charge in [0.1, 0.15) is 5.75 Å². The van der Waals surface area contributed by atoms with Crippen LogP contribution in [0, 0.1) is 0 Å². The number of aryl methyl sites for hydroxylation is 1. The predicted octanol–water partition coefficient (Wildman–Crippen LogP) is 2.79. The number of nitrogens with two attached hydrogens (primary N) is 1.